The predicted octanol–water partition coefficient (Wildman–Crippen LogP) is 0.901. The predicted molar refractivity (Wildman–Crippen MR) is 70.1 cm³/mol. The Bertz CT molecular complexity index is 542. The highest BCUT2D eigenvalue weighted by atomic mass is 16.6. The molecule has 1 N–H and O–H groups in total. The van der Waals surface area contributed by atoms with Crippen molar-refractivity contribution in [2.24, 2.45) is 0 Å². The number of hydrogen-bond donors (Lipinski definition) is 1. The standard InChI is InChI=1S/C13H16N4O3/c1-10-13(17-20-16-10)19-8-7-15-12(18)5-4-11-3-2-6-14-9-11/h2-3,6,9H,4-5,7-8H2,1H3,(H,15,18). The first-order valence-corrected chi connectivity index (χ1v) is 6.33. The smallest absolute Gasteiger partial charge is 0.278 e. The van der Waals surface area contributed by atoms with E-state index in [0.717, 1.165) is 5.56 Å². The molecule has 2 aromatic heterocycles. The lowest BCUT2D eigenvalue weighted by Gasteiger charge is -2.05. The van der Waals surface area contributed by atoms with Crippen LogP contribution in [0, 0.1) is 6.92 Å². The SMILES string of the molecule is Cc1nonc1OCCNC(=O)CCc1cccnc1. The van der Waals surface area contributed by atoms with Crippen molar-refractivity contribution in [3.63, 3.8) is 0 Å². The van der Waals surface area contributed by atoms with Gasteiger partial charge in [0.15, 0.2) is 0 Å². The first-order chi connectivity index (χ1) is 9.75. The van der Waals surface area contributed by atoms with Crippen LogP contribution in [0.15, 0.2) is 29.2 Å². The highest BCUT2D eigenvalue weighted by molar-refractivity contribution is 5.76. The van der Waals surface area contributed by atoms with Crippen molar-refractivity contribution < 1.29 is 14.2 Å². The molecule has 0 aliphatic rings. The van der Waals surface area contributed by atoms with E-state index in [4.69, 9.17) is 4.74 Å². The summed E-state index contributed by atoms with van der Waals surface area (Å²) in [6.45, 7) is 2.48. The number of nitrogens with zero attached hydrogens (tertiary/aromatic N) is 3. The third-order valence-corrected chi connectivity index (χ3v) is 2.64. The van der Waals surface area contributed by atoms with Gasteiger partial charge in [0.2, 0.25) is 5.91 Å². The number of nitrogens with one attached hydrogen (secondary N) is 1. The molecule has 0 saturated carbocycles. The van der Waals surface area contributed by atoms with Gasteiger partial charge >= 0.3 is 0 Å². The summed E-state index contributed by atoms with van der Waals surface area (Å²) in [7, 11) is 0. The minimum Gasteiger partial charge on any atom is -0.472 e. The zero-order valence-electron chi connectivity index (χ0n) is 11.2. The van der Waals surface area contributed by atoms with Crippen molar-refractivity contribution >= 4 is 5.91 Å². The second kappa shape index (κ2) is 7.22. The first-order valence-electron chi connectivity index (χ1n) is 6.33. The van der Waals surface area contributed by atoms with Crippen molar-refractivity contribution in [1.82, 2.24) is 20.6 Å². The lowest BCUT2D eigenvalue weighted by molar-refractivity contribution is -0.121. The van der Waals surface area contributed by atoms with Crippen molar-refractivity contribution in [2.75, 3.05) is 13.2 Å². The fourth-order valence-corrected chi connectivity index (χ4v) is 1.59. The Morgan fingerprint density at radius 3 is 3.05 bits per heavy atom. The van der Waals surface area contributed by atoms with E-state index >= 15 is 0 Å². The maximum atomic E-state index is 11.6. The first kappa shape index (κ1) is 14.0. The lowest BCUT2D eigenvalue weighted by atomic mass is 10.1. The highest BCUT2D eigenvalue weighted by Crippen LogP contribution is 2.09. The number of rotatable bonds is 7. The summed E-state index contributed by atoms with van der Waals surface area (Å²) in [6, 6.07) is 3.80. The van der Waals surface area contributed by atoms with Crippen LogP contribution in [-0.2, 0) is 11.2 Å². The molecule has 0 bridgehead atoms. The molecule has 2 heterocycles. The summed E-state index contributed by atoms with van der Waals surface area (Å²) >= 11 is 0. The molecule has 0 aliphatic heterocycles. The summed E-state index contributed by atoms with van der Waals surface area (Å²) < 4.78 is 9.79. The molecule has 0 spiro atoms. The van der Waals surface area contributed by atoms with Crippen LogP contribution in [0.4, 0.5) is 0 Å². The molecular formula is C13H16N4O3. The van der Waals surface area contributed by atoms with Gasteiger partial charge in [-0.05, 0) is 30.1 Å². The molecule has 1 amide bonds. The van der Waals surface area contributed by atoms with Crippen molar-refractivity contribution in [2.45, 2.75) is 19.8 Å². The van der Waals surface area contributed by atoms with Crippen LogP contribution >= 0.6 is 0 Å². The van der Waals surface area contributed by atoms with E-state index in [9.17, 15) is 4.79 Å². The van der Waals surface area contributed by atoms with E-state index in [1.807, 2.05) is 12.1 Å². The summed E-state index contributed by atoms with van der Waals surface area (Å²) in [5, 5.41) is 9.94. The van der Waals surface area contributed by atoms with Crippen LogP contribution in [0.25, 0.3) is 0 Å². The molecule has 7 heteroatoms. The summed E-state index contributed by atoms with van der Waals surface area (Å²) in [5.74, 6) is 0.335. The maximum absolute atomic E-state index is 11.6. The normalized spacial score (nSPS) is 10.2. The van der Waals surface area contributed by atoms with Gasteiger partial charge < -0.3 is 10.1 Å². The van der Waals surface area contributed by atoms with Crippen LogP contribution in [0.1, 0.15) is 17.7 Å². The number of carbonyl (C=O) groups is 1. The molecule has 0 atom stereocenters. The van der Waals surface area contributed by atoms with Crippen LogP contribution < -0.4 is 10.1 Å². The lowest BCUT2D eigenvalue weighted by Crippen LogP contribution is -2.28. The summed E-state index contributed by atoms with van der Waals surface area (Å²) in [6.07, 6.45) is 4.57. The Hall–Kier alpha value is -2.44. The second-order valence-corrected chi connectivity index (χ2v) is 4.21. The quantitative estimate of drug-likeness (QED) is 0.756. The van der Waals surface area contributed by atoms with E-state index in [-0.39, 0.29) is 5.91 Å². The number of aromatic nitrogens is 3. The molecule has 20 heavy (non-hydrogen) atoms. The number of ether oxygens (including phenoxy) is 1. The largest absolute Gasteiger partial charge is 0.472 e. The zero-order valence-corrected chi connectivity index (χ0v) is 11.2. The van der Waals surface area contributed by atoms with Crippen LogP contribution in [0.3, 0.4) is 0 Å². The Morgan fingerprint density at radius 1 is 1.45 bits per heavy atom. The van der Waals surface area contributed by atoms with Gasteiger partial charge in [0.25, 0.3) is 5.88 Å². The average molecular weight is 276 g/mol. The second-order valence-electron chi connectivity index (χ2n) is 4.21. The molecule has 2 rings (SSSR count). The number of hydrogen-bond acceptors (Lipinski definition) is 6. The van der Waals surface area contributed by atoms with Crippen LogP contribution in [0.5, 0.6) is 5.88 Å². The van der Waals surface area contributed by atoms with Gasteiger partial charge in [-0.2, -0.15) is 0 Å². The fourth-order valence-electron chi connectivity index (χ4n) is 1.59. The van der Waals surface area contributed by atoms with Gasteiger partial charge in [-0.25, -0.2) is 4.63 Å². The Kier molecular flexibility index (Phi) is 5.05. The number of aryl methyl sites for hydroxylation is 2. The molecule has 2 aromatic rings. The third-order valence-electron chi connectivity index (χ3n) is 2.64. The molecule has 0 aliphatic carbocycles. The van der Waals surface area contributed by atoms with E-state index in [0.29, 0.717) is 37.6 Å². The van der Waals surface area contributed by atoms with Gasteiger partial charge in [0.1, 0.15) is 12.3 Å². The molecular weight excluding hydrogens is 260 g/mol. The van der Waals surface area contributed by atoms with Gasteiger partial charge in [-0.15, -0.1) is 0 Å². The van der Waals surface area contributed by atoms with Crippen molar-refractivity contribution in [1.29, 1.82) is 0 Å². The summed E-state index contributed by atoms with van der Waals surface area (Å²) in [5.41, 5.74) is 1.64. The van der Waals surface area contributed by atoms with E-state index in [1.165, 1.54) is 0 Å². The number of amides is 1. The molecule has 0 aromatic carbocycles. The molecule has 0 unspecified atom stereocenters. The van der Waals surface area contributed by atoms with Gasteiger partial charge in [-0.1, -0.05) is 11.2 Å². The number of pyridine rings is 1. The van der Waals surface area contributed by atoms with Gasteiger partial charge in [0, 0.05) is 18.8 Å². The van der Waals surface area contributed by atoms with Gasteiger partial charge in [0.05, 0.1) is 6.54 Å². The van der Waals surface area contributed by atoms with Crippen LogP contribution in [-0.4, -0.2) is 34.4 Å². The van der Waals surface area contributed by atoms with Crippen molar-refractivity contribution in [3.05, 3.63) is 35.8 Å². The fraction of sp³-hybridized carbons (Fsp3) is 0.385. The minimum atomic E-state index is -0.0209. The molecule has 7 nitrogen and oxygen atoms in total. The Balaban J connectivity index is 1.60. The molecule has 0 radical (unpaired) electrons. The van der Waals surface area contributed by atoms with Gasteiger partial charge in [-0.3, -0.25) is 9.78 Å². The molecule has 0 saturated heterocycles. The Labute approximate surface area is 116 Å². The molecule has 0 fully saturated rings. The zero-order chi connectivity index (χ0) is 14.2. The summed E-state index contributed by atoms with van der Waals surface area (Å²) in [4.78, 5) is 15.6. The Morgan fingerprint density at radius 2 is 2.35 bits per heavy atom. The molecule has 106 valence electrons. The highest BCUT2D eigenvalue weighted by Gasteiger charge is 2.06. The monoisotopic (exact) mass is 276 g/mol. The van der Waals surface area contributed by atoms with E-state index in [1.54, 1.807) is 19.3 Å². The maximum Gasteiger partial charge on any atom is 0.278 e. The minimum absolute atomic E-state index is 0.0209. The van der Waals surface area contributed by atoms with E-state index in [2.05, 4.69) is 25.2 Å². The van der Waals surface area contributed by atoms with Crippen LogP contribution in [0.2, 0.25) is 0 Å². The topological polar surface area (TPSA) is 90.1 Å². The average Bonchev–Trinajstić information content (AvgIpc) is 2.88. The van der Waals surface area contributed by atoms with Crippen molar-refractivity contribution in [3.8, 4) is 5.88 Å². The number of carbonyl (C=O) groups excluding carboxylic acids is 1. The third kappa shape index (κ3) is 4.34. The van der Waals surface area contributed by atoms with E-state index < -0.39 is 0 Å².